The van der Waals surface area contributed by atoms with Gasteiger partial charge < -0.3 is 14.8 Å². The molecule has 0 fully saturated rings. The second-order valence-corrected chi connectivity index (χ2v) is 5.85. The van der Waals surface area contributed by atoms with Gasteiger partial charge >= 0.3 is 12.1 Å². The van der Waals surface area contributed by atoms with Crippen molar-refractivity contribution >= 4 is 23.8 Å². The molecule has 6 heteroatoms. The molecule has 0 unspecified atom stereocenters. The molecule has 0 heterocycles. The number of carbonyl (C=O) groups excluding carboxylic acids is 2. The van der Waals surface area contributed by atoms with Gasteiger partial charge in [-0.1, -0.05) is 6.08 Å². The van der Waals surface area contributed by atoms with Gasteiger partial charge in [0.1, 0.15) is 11.6 Å². The molecule has 5 nitrogen and oxygen atoms in total. The van der Waals surface area contributed by atoms with Crippen molar-refractivity contribution in [2.24, 2.45) is 0 Å². The predicted octanol–water partition coefficient (Wildman–Crippen LogP) is 2.36. The van der Waals surface area contributed by atoms with Crippen LogP contribution in [0.15, 0.2) is 12.7 Å². The molecular weight excluding hydrogens is 266 g/mol. The Morgan fingerprint density at radius 1 is 1.42 bits per heavy atom. The molecule has 110 valence electrons. The average molecular weight is 289 g/mol. The maximum Gasteiger partial charge on any atom is 0.408 e. The summed E-state index contributed by atoms with van der Waals surface area (Å²) in [7, 11) is 0. The summed E-state index contributed by atoms with van der Waals surface area (Å²) in [6.07, 6.45) is 1.12. The van der Waals surface area contributed by atoms with E-state index in [2.05, 4.69) is 11.9 Å². The summed E-state index contributed by atoms with van der Waals surface area (Å²) in [5, 5.41) is 2.53. The van der Waals surface area contributed by atoms with E-state index >= 15 is 0 Å². The van der Waals surface area contributed by atoms with Crippen LogP contribution in [0, 0.1) is 0 Å². The summed E-state index contributed by atoms with van der Waals surface area (Å²) in [6, 6.07) is -0.709. The van der Waals surface area contributed by atoms with Crippen LogP contribution in [0.5, 0.6) is 0 Å². The molecule has 0 saturated heterocycles. The third-order valence-electron chi connectivity index (χ3n) is 1.78. The van der Waals surface area contributed by atoms with Gasteiger partial charge in [-0.25, -0.2) is 9.59 Å². The molecule has 0 spiro atoms. The summed E-state index contributed by atoms with van der Waals surface area (Å²) in [5.41, 5.74) is -0.600. The summed E-state index contributed by atoms with van der Waals surface area (Å²) in [5.74, 6) is 0.667. The number of alkyl carbamates (subject to hydrolysis) is 1. The van der Waals surface area contributed by atoms with Crippen LogP contribution in [0.2, 0.25) is 0 Å². The molecule has 0 aromatic carbocycles. The zero-order valence-corrected chi connectivity index (χ0v) is 12.8. The minimum atomic E-state index is -0.709. The van der Waals surface area contributed by atoms with E-state index in [1.54, 1.807) is 33.8 Å². The normalized spacial score (nSPS) is 12.4. The van der Waals surface area contributed by atoms with Crippen molar-refractivity contribution < 1.29 is 19.1 Å². The zero-order valence-electron chi connectivity index (χ0n) is 12.0. The molecule has 0 aliphatic rings. The number of ether oxygens (including phenoxy) is 2. The van der Waals surface area contributed by atoms with Crippen LogP contribution < -0.4 is 5.32 Å². The number of hydrogen-bond acceptors (Lipinski definition) is 5. The Hall–Kier alpha value is -1.17. The van der Waals surface area contributed by atoms with Gasteiger partial charge in [-0.05, 0) is 27.7 Å². The molecule has 0 aliphatic carbocycles. The van der Waals surface area contributed by atoms with Crippen LogP contribution >= 0.6 is 11.8 Å². The molecule has 0 rings (SSSR count). The smallest absolute Gasteiger partial charge is 0.408 e. The minimum absolute atomic E-state index is 0.275. The van der Waals surface area contributed by atoms with E-state index in [1.807, 2.05) is 0 Å². The van der Waals surface area contributed by atoms with E-state index in [0.717, 1.165) is 0 Å². The van der Waals surface area contributed by atoms with Gasteiger partial charge in [0, 0.05) is 11.5 Å². The largest absolute Gasteiger partial charge is 0.464 e. The number of esters is 1. The first-order valence-electron chi connectivity index (χ1n) is 6.15. The standard InChI is InChI=1S/C13H23NO4S/c1-6-8-19-9-10(11(15)17-7-2)14-12(16)18-13(3,4)5/h6,10H,1,7-9H2,2-5H3,(H,14,16)/t10-/m1/s1. The minimum Gasteiger partial charge on any atom is -0.464 e. The monoisotopic (exact) mass is 289 g/mol. The highest BCUT2D eigenvalue weighted by Gasteiger charge is 2.25. The summed E-state index contributed by atoms with van der Waals surface area (Å²) in [6.45, 7) is 10.9. The van der Waals surface area contributed by atoms with Crippen LogP contribution in [0.3, 0.4) is 0 Å². The third-order valence-corrected chi connectivity index (χ3v) is 2.82. The Morgan fingerprint density at radius 2 is 2.05 bits per heavy atom. The van der Waals surface area contributed by atoms with E-state index in [-0.39, 0.29) is 6.61 Å². The Labute approximate surface area is 119 Å². The topological polar surface area (TPSA) is 64.6 Å². The maximum absolute atomic E-state index is 11.7. The van der Waals surface area contributed by atoms with Gasteiger partial charge in [0.2, 0.25) is 0 Å². The Bertz CT molecular complexity index is 312. The highest BCUT2D eigenvalue weighted by molar-refractivity contribution is 7.99. The van der Waals surface area contributed by atoms with Crippen molar-refractivity contribution in [2.45, 2.75) is 39.3 Å². The van der Waals surface area contributed by atoms with E-state index in [1.165, 1.54) is 11.8 Å². The number of hydrogen-bond donors (Lipinski definition) is 1. The van der Waals surface area contributed by atoms with Crippen molar-refractivity contribution in [1.82, 2.24) is 5.32 Å². The predicted molar refractivity (Wildman–Crippen MR) is 77.3 cm³/mol. The first kappa shape index (κ1) is 17.8. The lowest BCUT2D eigenvalue weighted by atomic mass is 10.2. The summed E-state index contributed by atoms with van der Waals surface area (Å²) in [4.78, 5) is 23.3. The van der Waals surface area contributed by atoms with E-state index in [9.17, 15) is 9.59 Å². The fourth-order valence-electron chi connectivity index (χ4n) is 1.13. The molecule has 19 heavy (non-hydrogen) atoms. The summed E-state index contributed by atoms with van der Waals surface area (Å²) < 4.78 is 10.0. The molecule has 0 saturated carbocycles. The number of nitrogens with one attached hydrogen (secondary N) is 1. The Morgan fingerprint density at radius 3 is 2.53 bits per heavy atom. The van der Waals surface area contributed by atoms with Crippen LogP contribution in [0.25, 0.3) is 0 Å². The lowest BCUT2D eigenvalue weighted by molar-refractivity contribution is -0.145. The number of rotatable bonds is 7. The molecule has 0 aromatic heterocycles. The zero-order chi connectivity index (χ0) is 14.9. The highest BCUT2D eigenvalue weighted by Crippen LogP contribution is 2.09. The quantitative estimate of drug-likeness (QED) is 0.443. The van der Waals surface area contributed by atoms with Crippen molar-refractivity contribution in [3.05, 3.63) is 12.7 Å². The molecule has 0 bridgehead atoms. The van der Waals surface area contributed by atoms with Crippen LogP contribution in [-0.4, -0.2) is 41.8 Å². The Kier molecular flexibility index (Phi) is 8.30. The first-order valence-corrected chi connectivity index (χ1v) is 7.30. The van der Waals surface area contributed by atoms with Gasteiger partial charge in [0.25, 0.3) is 0 Å². The van der Waals surface area contributed by atoms with Crippen LogP contribution in [0.1, 0.15) is 27.7 Å². The molecular formula is C13H23NO4S. The first-order chi connectivity index (χ1) is 8.80. The van der Waals surface area contributed by atoms with Gasteiger partial charge in [0.15, 0.2) is 0 Å². The molecule has 0 radical (unpaired) electrons. The van der Waals surface area contributed by atoms with E-state index < -0.39 is 23.7 Å². The van der Waals surface area contributed by atoms with Crippen molar-refractivity contribution in [1.29, 1.82) is 0 Å². The number of carbonyl (C=O) groups is 2. The molecule has 0 aliphatic heterocycles. The van der Waals surface area contributed by atoms with Gasteiger partial charge in [-0.2, -0.15) is 11.8 Å². The van der Waals surface area contributed by atoms with E-state index in [0.29, 0.717) is 11.5 Å². The molecule has 1 amide bonds. The number of thioether (sulfide) groups is 1. The fourth-order valence-corrected chi connectivity index (χ4v) is 1.89. The van der Waals surface area contributed by atoms with Crippen molar-refractivity contribution in [3.8, 4) is 0 Å². The fraction of sp³-hybridized carbons (Fsp3) is 0.692. The molecule has 1 atom stereocenters. The van der Waals surface area contributed by atoms with Gasteiger partial charge in [-0.3, -0.25) is 0 Å². The van der Waals surface area contributed by atoms with Crippen molar-refractivity contribution in [2.75, 3.05) is 18.1 Å². The van der Waals surface area contributed by atoms with Gasteiger partial charge in [0.05, 0.1) is 6.61 Å². The molecule has 1 N–H and O–H groups in total. The third kappa shape index (κ3) is 9.41. The maximum atomic E-state index is 11.7. The Balaban J connectivity index is 4.43. The number of amides is 1. The highest BCUT2D eigenvalue weighted by atomic mass is 32.2. The second kappa shape index (κ2) is 8.85. The average Bonchev–Trinajstić information content (AvgIpc) is 2.25. The van der Waals surface area contributed by atoms with Gasteiger partial charge in [-0.15, -0.1) is 6.58 Å². The SMILES string of the molecule is C=CCSC[C@@H](NC(=O)OC(C)(C)C)C(=O)OCC. The van der Waals surface area contributed by atoms with Crippen LogP contribution in [0.4, 0.5) is 4.79 Å². The van der Waals surface area contributed by atoms with Crippen LogP contribution in [-0.2, 0) is 14.3 Å². The van der Waals surface area contributed by atoms with E-state index in [4.69, 9.17) is 9.47 Å². The lowest BCUT2D eigenvalue weighted by Crippen LogP contribution is -2.45. The summed E-state index contributed by atoms with van der Waals surface area (Å²) >= 11 is 1.49. The second-order valence-electron chi connectivity index (χ2n) is 4.78. The molecule has 0 aromatic rings. The van der Waals surface area contributed by atoms with Crippen molar-refractivity contribution in [3.63, 3.8) is 0 Å². The lowest BCUT2D eigenvalue weighted by Gasteiger charge is -2.22.